The minimum atomic E-state index is -0.770. The van der Waals surface area contributed by atoms with Crippen molar-refractivity contribution in [1.82, 2.24) is 0 Å². The highest BCUT2D eigenvalue weighted by molar-refractivity contribution is 5.70. The van der Waals surface area contributed by atoms with Crippen LogP contribution in [-0.4, -0.2) is 24.2 Å². The van der Waals surface area contributed by atoms with Gasteiger partial charge in [-0.3, -0.25) is 4.79 Å². The van der Waals surface area contributed by atoms with Crippen molar-refractivity contribution >= 4 is 11.7 Å². The maximum absolute atomic E-state index is 10.6. The van der Waals surface area contributed by atoms with Crippen molar-refractivity contribution in [2.75, 3.05) is 18.0 Å². The molecule has 0 aliphatic carbocycles. The van der Waals surface area contributed by atoms with Crippen LogP contribution < -0.4 is 4.90 Å². The first kappa shape index (κ1) is 10.0. The van der Waals surface area contributed by atoms with E-state index in [-0.39, 0.29) is 6.42 Å². The number of carboxylic acid groups (broad SMARTS) is 1. The summed E-state index contributed by atoms with van der Waals surface area (Å²) in [5.41, 5.74) is 2.04. The second-order valence-corrected chi connectivity index (χ2v) is 3.93. The van der Waals surface area contributed by atoms with Gasteiger partial charge in [0, 0.05) is 18.8 Å². The van der Waals surface area contributed by atoms with Crippen molar-refractivity contribution in [2.24, 2.45) is 0 Å². The van der Waals surface area contributed by atoms with E-state index in [0.717, 1.165) is 24.3 Å². The summed E-state index contributed by atoms with van der Waals surface area (Å²) in [6.07, 6.45) is 2.59. The summed E-state index contributed by atoms with van der Waals surface area (Å²) in [4.78, 5) is 12.9. The molecule has 1 aromatic carbocycles. The Labute approximate surface area is 89.3 Å². The average molecular weight is 205 g/mol. The van der Waals surface area contributed by atoms with Crippen LogP contribution in [0.4, 0.5) is 5.69 Å². The standard InChI is InChI=1S/C12H15NO2/c14-12(15)9-10-4-3-5-11(8-10)13-6-1-2-7-13/h3-5,8H,1-2,6-7,9H2,(H,14,15). The lowest BCUT2D eigenvalue weighted by molar-refractivity contribution is -0.136. The van der Waals surface area contributed by atoms with Crippen molar-refractivity contribution in [1.29, 1.82) is 0 Å². The quantitative estimate of drug-likeness (QED) is 0.819. The Morgan fingerprint density at radius 3 is 2.73 bits per heavy atom. The monoisotopic (exact) mass is 205 g/mol. The van der Waals surface area contributed by atoms with Crippen molar-refractivity contribution in [2.45, 2.75) is 19.3 Å². The molecule has 1 N–H and O–H groups in total. The van der Waals surface area contributed by atoms with E-state index in [1.165, 1.54) is 12.8 Å². The molecule has 3 nitrogen and oxygen atoms in total. The molecule has 0 aromatic heterocycles. The summed E-state index contributed by atoms with van der Waals surface area (Å²) in [6.45, 7) is 2.19. The van der Waals surface area contributed by atoms with Crippen molar-refractivity contribution in [3.05, 3.63) is 29.8 Å². The number of hydrogen-bond donors (Lipinski definition) is 1. The molecule has 0 unspecified atom stereocenters. The van der Waals surface area contributed by atoms with Gasteiger partial charge in [-0.05, 0) is 30.5 Å². The van der Waals surface area contributed by atoms with Gasteiger partial charge in [0.1, 0.15) is 0 Å². The van der Waals surface area contributed by atoms with E-state index in [2.05, 4.69) is 11.0 Å². The lowest BCUT2D eigenvalue weighted by atomic mass is 10.1. The van der Waals surface area contributed by atoms with Gasteiger partial charge in [-0.2, -0.15) is 0 Å². The lowest BCUT2D eigenvalue weighted by Gasteiger charge is -2.17. The minimum Gasteiger partial charge on any atom is -0.481 e. The molecule has 2 rings (SSSR count). The first-order chi connectivity index (χ1) is 7.25. The van der Waals surface area contributed by atoms with Crippen LogP contribution in [-0.2, 0) is 11.2 Å². The molecule has 0 atom stereocenters. The highest BCUT2D eigenvalue weighted by Gasteiger charge is 2.12. The van der Waals surface area contributed by atoms with Crippen LogP contribution in [0.3, 0.4) is 0 Å². The van der Waals surface area contributed by atoms with Crippen molar-refractivity contribution in [3.8, 4) is 0 Å². The van der Waals surface area contributed by atoms with Crippen molar-refractivity contribution < 1.29 is 9.90 Å². The number of nitrogens with zero attached hydrogens (tertiary/aromatic N) is 1. The molecule has 1 saturated heterocycles. The van der Waals surface area contributed by atoms with Crippen LogP contribution >= 0.6 is 0 Å². The Hall–Kier alpha value is -1.51. The molecular formula is C12H15NO2. The Morgan fingerprint density at radius 2 is 2.07 bits per heavy atom. The van der Waals surface area contributed by atoms with Crippen LogP contribution in [0.25, 0.3) is 0 Å². The Kier molecular flexibility index (Phi) is 2.90. The van der Waals surface area contributed by atoms with E-state index in [4.69, 9.17) is 5.11 Å². The average Bonchev–Trinajstić information content (AvgIpc) is 2.69. The third kappa shape index (κ3) is 2.49. The van der Waals surface area contributed by atoms with Crippen LogP contribution in [0.5, 0.6) is 0 Å². The zero-order valence-electron chi connectivity index (χ0n) is 8.65. The summed E-state index contributed by atoms with van der Waals surface area (Å²) in [6, 6.07) is 7.84. The third-order valence-electron chi connectivity index (χ3n) is 2.74. The summed E-state index contributed by atoms with van der Waals surface area (Å²) in [5.74, 6) is -0.770. The van der Waals surface area contributed by atoms with E-state index in [0.29, 0.717) is 0 Å². The molecular weight excluding hydrogens is 190 g/mol. The molecule has 80 valence electrons. The topological polar surface area (TPSA) is 40.5 Å². The fourth-order valence-electron chi connectivity index (χ4n) is 2.01. The van der Waals surface area contributed by atoms with E-state index < -0.39 is 5.97 Å². The predicted octanol–water partition coefficient (Wildman–Crippen LogP) is 1.91. The van der Waals surface area contributed by atoms with Gasteiger partial charge in [0.25, 0.3) is 0 Å². The van der Waals surface area contributed by atoms with E-state index in [1.807, 2.05) is 18.2 Å². The maximum Gasteiger partial charge on any atom is 0.307 e. The lowest BCUT2D eigenvalue weighted by Crippen LogP contribution is -2.17. The van der Waals surface area contributed by atoms with Crippen LogP contribution in [0.15, 0.2) is 24.3 Å². The molecule has 0 saturated carbocycles. The van der Waals surface area contributed by atoms with Gasteiger partial charge in [0.15, 0.2) is 0 Å². The molecule has 0 spiro atoms. The smallest absolute Gasteiger partial charge is 0.307 e. The van der Waals surface area contributed by atoms with Gasteiger partial charge in [0.2, 0.25) is 0 Å². The largest absolute Gasteiger partial charge is 0.481 e. The fourth-order valence-corrected chi connectivity index (χ4v) is 2.01. The normalized spacial score (nSPS) is 15.6. The summed E-state index contributed by atoms with van der Waals surface area (Å²) in [7, 11) is 0. The number of carbonyl (C=O) groups is 1. The molecule has 0 amide bonds. The molecule has 3 heteroatoms. The van der Waals surface area contributed by atoms with Gasteiger partial charge in [-0.25, -0.2) is 0 Å². The molecule has 15 heavy (non-hydrogen) atoms. The minimum absolute atomic E-state index is 0.113. The number of aliphatic carboxylic acids is 1. The molecule has 1 aromatic rings. The summed E-state index contributed by atoms with van der Waals surface area (Å²) < 4.78 is 0. The van der Waals surface area contributed by atoms with Gasteiger partial charge in [0.05, 0.1) is 6.42 Å². The first-order valence-corrected chi connectivity index (χ1v) is 5.31. The molecule has 0 bridgehead atoms. The Bertz CT molecular complexity index is 356. The molecule has 1 heterocycles. The number of hydrogen-bond acceptors (Lipinski definition) is 2. The number of rotatable bonds is 3. The van der Waals surface area contributed by atoms with Crippen LogP contribution in [0, 0.1) is 0 Å². The SMILES string of the molecule is O=C(O)Cc1cccc(N2CCCC2)c1. The van der Waals surface area contributed by atoms with E-state index in [1.54, 1.807) is 0 Å². The molecule has 1 aliphatic heterocycles. The predicted molar refractivity (Wildman–Crippen MR) is 59.2 cm³/mol. The van der Waals surface area contributed by atoms with Gasteiger partial charge < -0.3 is 10.0 Å². The second kappa shape index (κ2) is 4.34. The third-order valence-corrected chi connectivity index (χ3v) is 2.74. The maximum atomic E-state index is 10.6. The molecule has 1 aliphatic rings. The highest BCUT2D eigenvalue weighted by Crippen LogP contribution is 2.21. The zero-order valence-corrected chi connectivity index (χ0v) is 8.65. The summed E-state index contributed by atoms with van der Waals surface area (Å²) >= 11 is 0. The van der Waals surface area contributed by atoms with Crippen LogP contribution in [0.2, 0.25) is 0 Å². The summed E-state index contributed by atoms with van der Waals surface area (Å²) in [5, 5.41) is 8.71. The zero-order chi connectivity index (χ0) is 10.7. The molecule has 1 fully saturated rings. The first-order valence-electron chi connectivity index (χ1n) is 5.31. The van der Waals surface area contributed by atoms with E-state index >= 15 is 0 Å². The van der Waals surface area contributed by atoms with Gasteiger partial charge in [-0.1, -0.05) is 12.1 Å². The van der Waals surface area contributed by atoms with E-state index in [9.17, 15) is 4.79 Å². The Morgan fingerprint density at radius 1 is 1.33 bits per heavy atom. The van der Waals surface area contributed by atoms with Crippen molar-refractivity contribution in [3.63, 3.8) is 0 Å². The number of anilines is 1. The highest BCUT2D eigenvalue weighted by atomic mass is 16.4. The van der Waals surface area contributed by atoms with Gasteiger partial charge >= 0.3 is 5.97 Å². The number of benzene rings is 1. The second-order valence-electron chi connectivity index (χ2n) is 3.93. The fraction of sp³-hybridized carbons (Fsp3) is 0.417. The van der Waals surface area contributed by atoms with Gasteiger partial charge in [-0.15, -0.1) is 0 Å². The molecule has 0 radical (unpaired) electrons. The Balaban J connectivity index is 2.14. The van der Waals surface area contributed by atoms with Crippen LogP contribution in [0.1, 0.15) is 18.4 Å². The number of carboxylic acids is 1.